The zero-order valence-corrected chi connectivity index (χ0v) is 18.1. The van der Waals surface area contributed by atoms with Gasteiger partial charge in [-0.05, 0) is 44.0 Å². The Balaban J connectivity index is 1.72. The van der Waals surface area contributed by atoms with E-state index in [1.807, 2.05) is 5.32 Å². The topological polar surface area (TPSA) is 92.4 Å². The van der Waals surface area contributed by atoms with Gasteiger partial charge in [0.1, 0.15) is 5.82 Å². The molecule has 0 radical (unpaired) electrons. The van der Waals surface area contributed by atoms with Crippen LogP contribution >= 0.6 is 0 Å². The normalized spacial score (nSPS) is 17.0. The standard InChI is InChI=1S/C23H18F6N2O4/c1-11-15-9-13(3-4-14(15)19(32)35-31-11)30-20(33)22(34,23(27,28)29)10-21(5-2-6-21)16-7-12(24)8-17(25)18(16)26/h3-4,7-9,34H,2,5-6,10H2,1H3,(H,30,33). The predicted octanol–water partition coefficient (Wildman–Crippen LogP) is 4.66. The molecule has 1 saturated carbocycles. The number of aryl methyl sites for hydroxylation is 1. The zero-order valence-electron chi connectivity index (χ0n) is 18.1. The lowest BCUT2D eigenvalue weighted by molar-refractivity contribution is -0.257. The Bertz CT molecular complexity index is 1380. The Kier molecular flexibility index (Phi) is 5.90. The molecule has 186 valence electrons. The van der Waals surface area contributed by atoms with Gasteiger partial charge >= 0.3 is 11.8 Å². The number of hydrogen-bond donors (Lipinski definition) is 2. The molecule has 1 atom stereocenters. The van der Waals surface area contributed by atoms with E-state index in [2.05, 4.69) is 9.68 Å². The number of amides is 1. The number of nitrogens with one attached hydrogen (secondary N) is 1. The second kappa shape index (κ2) is 8.36. The molecule has 3 aromatic rings. The van der Waals surface area contributed by atoms with Crippen LogP contribution < -0.4 is 10.9 Å². The van der Waals surface area contributed by atoms with Gasteiger partial charge in [-0.25, -0.2) is 18.0 Å². The van der Waals surface area contributed by atoms with Crippen LogP contribution in [0.2, 0.25) is 0 Å². The molecule has 2 aromatic carbocycles. The summed E-state index contributed by atoms with van der Waals surface area (Å²) in [6, 6.07) is 4.36. The van der Waals surface area contributed by atoms with Gasteiger partial charge < -0.3 is 14.9 Å². The number of carbonyl (C=O) groups excluding carboxylic acids is 1. The van der Waals surface area contributed by atoms with Gasteiger partial charge in [-0.2, -0.15) is 13.2 Å². The number of nitrogens with zero attached hydrogens (tertiary/aromatic N) is 1. The van der Waals surface area contributed by atoms with Gasteiger partial charge in [0.2, 0.25) is 5.60 Å². The summed E-state index contributed by atoms with van der Waals surface area (Å²) in [7, 11) is 0. The number of aliphatic hydroxyl groups is 1. The van der Waals surface area contributed by atoms with Crippen LogP contribution in [0.25, 0.3) is 10.8 Å². The van der Waals surface area contributed by atoms with E-state index in [1.54, 1.807) is 0 Å². The highest BCUT2D eigenvalue weighted by molar-refractivity contribution is 5.99. The lowest BCUT2D eigenvalue weighted by atomic mass is 9.59. The molecule has 1 aromatic heterocycles. The van der Waals surface area contributed by atoms with E-state index in [0.29, 0.717) is 12.5 Å². The van der Waals surface area contributed by atoms with Crippen LogP contribution in [-0.4, -0.2) is 27.9 Å². The lowest BCUT2D eigenvalue weighted by Gasteiger charge is -2.47. The fourth-order valence-corrected chi connectivity index (χ4v) is 4.43. The van der Waals surface area contributed by atoms with Gasteiger partial charge in [0.25, 0.3) is 5.91 Å². The highest BCUT2D eigenvalue weighted by atomic mass is 19.4. The summed E-state index contributed by atoms with van der Waals surface area (Å²) < 4.78 is 88.9. The number of anilines is 1. The Hall–Kier alpha value is -3.41. The van der Waals surface area contributed by atoms with Gasteiger partial charge in [-0.15, -0.1) is 0 Å². The third-order valence-corrected chi connectivity index (χ3v) is 6.47. The van der Waals surface area contributed by atoms with E-state index in [-0.39, 0.29) is 41.1 Å². The number of benzene rings is 2. The smallest absolute Gasteiger partial charge is 0.373 e. The number of carbonyl (C=O) groups is 1. The summed E-state index contributed by atoms with van der Waals surface area (Å²) >= 11 is 0. The van der Waals surface area contributed by atoms with Gasteiger partial charge in [0.15, 0.2) is 11.6 Å². The largest absolute Gasteiger partial charge is 0.426 e. The van der Waals surface area contributed by atoms with E-state index in [1.165, 1.54) is 19.1 Å². The second-order valence-corrected chi connectivity index (χ2v) is 8.69. The Morgan fingerprint density at radius 1 is 1.14 bits per heavy atom. The van der Waals surface area contributed by atoms with E-state index in [0.717, 1.165) is 6.07 Å². The number of halogens is 6. The maximum absolute atomic E-state index is 14.5. The molecule has 1 aliphatic rings. The fraction of sp³-hybridized carbons (Fsp3) is 0.348. The van der Waals surface area contributed by atoms with Crippen LogP contribution in [0, 0.1) is 24.4 Å². The molecule has 0 aliphatic heterocycles. The first-order valence-corrected chi connectivity index (χ1v) is 10.4. The summed E-state index contributed by atoms with van der Waals surface area (Å²) in [5.74, 6) is -6.19. The third kappa shape index (κ3) is 4.15. The van der Waals surface area contributed by atoms with Gasteiger partial charge in [0, 0.05) is 34.5 Å². The molecule has 1 heterocycles. The number of fused-ring (bicyclic) bond motifs is 1. The Morgan fingerprint density at radius 3 is 2.43 bits per heavy atom. The Morgan fingerprint density at radius 2 is 1.83 bits per heavy atom. The molecule has 0 spiro atoms. The highest BCUT2D eigenvalue weighted by Gasteiger charge is 2.63. The van der Waals surface area contributed by atoms with Crippen molar-refractivity contribution in [2.45, 2.75) is 49.8 Å². The van der Waals surface area contributed by atoms with Crippen LogP contribution in [0.15, 0.2) is 39.6 Å². The molecule has 1 unspecified atom stereocenters. The van der Waals surface area contributed by atoms with E-state index in [9.17, 15) is 41.0 Å². The minimum Gasteiger partial charge on any atom is -0.373 e. The van der Waals surface area contributed by atoms with Crippen molar-refractivity contribution >= 4 is 22.4 Å². The lowest BCUT2D eigenvalue weighted by Crippen LogP contribution is -2.59. The van der Waals surface area contributed by atoms with Gasteiger partial charge in [-0.3, -0.25) is 4.79 Å². The average Bonchev–Trinajstić information content (AvgIpc) is 2.75. The molecule has 6 nitrogen and oxygen atoms in total. The zero-order chi connectivity index (χ0) is 25.8. The minimum absolute atomic E-state index is 0.0682. The number of alkyl halides is 3. The summed E-state index contributed by atoms with van der Waals surface area (Å²) in [5.41, 5.74) is -7.29. The van der Waals surface area contributed by atoms with Crippen LogP contribution in [0.1, 0.15) is 36.9 Å². The highest BCUT2D eigenvalue weighted by Crippen LogP contribution is 2.53. The molecular weight excluding hydrogens is 482 g/mol. The Labute approximate surface area is 193 Å². The van der Waals surface area contributed by atoms with Crippen LogP contribution in [0.4, 0.5) is 32.0 Å². The first-order chi connectivity index (χ1) is 16.3. The quantitative estimate of drug-likeness (QED) is 0.393. The molecule has 35 heavy (non-hydrogen) atoms. The maximum atomic E-state index is 14.5. The van der Waals surface area contributed by atoms with Crippen molar-refractivity contribution in [2.75, 3.05) is 5.32 Å². The monoisotopic (exact) mass is 500 g/mol. The average molecular weight is 500 g/mol. The minimum atomic E-state index is -5.52. The summed E-state index contributed by atoms with van der Waals surface area (Å²) in [6.45, 7) is 1.47. The van der Waals surface area contributed by atoms with Crippen molar-refractivity contribution in [1.29, 1.82) is 0 Å². The number of hydrogen-bond acceptors (Lipinski definition) is 5. The fourth-order valence-electron chi connectivity index (χ4n) is 4.43. The van der Waals surface area contributed by atoms with E-state index >= 15 is 0 Å². The number of rotatable bonds is 5. The molecule has 1 amide bonds. The van der Waals surface area contributed by atoms with Crippen molar-refractivity contribution in [3.8, 4) is 0 Å². The number of aromatic nitrogens is 1. The van der Waals surface area contributed by atoms with Crippen molar-refractivity contribution < 1.29 is 40.8 Å². The first-order valence-electron chi connectivity index (χ1n) is 10.4. The van der Waals surface area contributed by atoms with Gasteiger partial charge in [-0.1, -0.05) is 11.6 Å². The molecule has 2 N–H and O–H groups in total. The maximum Gasteiger partial charge on any atom is 0.426 e. The van der Waals surface area contributed by atoms with Crippen LogP contribution in [-0.2, 0) is 10.2 Å². The summed E-state index contributed by atoms with van der Waals surface area (Å²) in [5, 5.41) is 16.4. The third-order valence-electron chi connectivity index (χ3n) is 6.47. The van der Waals surface area contributed by atoms with Crippen molar-refractivity contribution in [3.63, 3.8) is 0 Å². The summed E-state index contributed by atoms with van der Waals surface area (Å²) in [6.07, 6.45) is -6.83. The SMILES string of the molecule is Cc1noc(=O)c2ccc(NC(=O)C(O)(CC3(c4cc(F)cc(F)c4F)CCC3)C(F)(F)F)cc12. The molecule has 0 saturated heterocycles. The second-order valence-electron chi connectivity index (χ2n) is 8.69. The first kappa shape index (κ1) is 24.7. The van der Waals surface area contributed by atoms with Crippen LogP contribution in [0.5, 0.6) is 0 Å². The van der Waals surface area contributed by atoms with Gasteiger partial charge in [0.05, 0.1) is 11.1 Å². The van der Waals surface area contributed by atoms with E-state index < -0.39 is 58.2 Å². The predicted molar refractivity (Wildman–Crippen MR) is 111 cm³/mol. The van der Waals surface area contributed by atoms with Crippen LogP contribution in [0.3, 0.4) is 0 Å². The van der Waals surface area contributed by atoms with Crippen molar-refractivity contribution in [3.05, 3.63) is 69.5 Å². The summed E-state index contributed by atoms with van der Waals surface area (Å²) in [4.78, 5) is 24.6. The molecule has 12 heteroatoms. The molecule has 0 bridgehead atoms. The van der Waals surface area contributed by atoms with E-state index in [4.69, 9.17) is 0 Å². The molecule has 1 aliphatic carbocycles. The molecular formula is C23H18F6N2O4. The molecule has 1 fully saturated rings. The molecule has 4 rings (SSSR count). The van der Waals surface area contributed by atoms with Crippen molar-refractivity contribution in [1.82, 2.24) is 5.16 Å². The van der Waals surface area contributed by atoms with Crippen molar-refractivity contribution in [2.24, 2.45) is 0 Å².